The molecule has 3 heteroatoms. The number of hydrogen-bond donors (Lipinski definition) is 0. The SMILES string of the molecule is N#Cc1cccc(-c2ccc3c(c2)C(=O)CC(C2CCCC4=C2C=CCC4)O3)c1. The molecule has 2 unspecified atom stereocenters. The first kappa shape index (κ1) is 17.9. The van der Waals surface area contributed by atoms with Gasteiger partial charge >= 0.3 is 0 Å². The average Bonchev–Trinajstić information content (AvgIpc) is 2.78. The molecule has 0 spiro atoms. The van der Waals surface area contributed by atoms with E-state index in [1.54, 1.807) is 11.6 Å². The number of rotatable bonds is 2. The average molecular weight is 381 g/mol. The molecule has 144 valence electrons. The topological polar surface area (TPSA) is 50.1 Å². The van der Waals surface area contributed by atoms with Crippen LogP contribution in [-0.4, -0.2) is 11.9 Å². The minimum absolute atomic E-state index is 0.0733. The third-order valence-electron chi connectivity index (χ3n) is 6.43. The molecule has 0 fully saturated rings. The van der Waals surface area contributed by atoms with E-state index >= 15 is 0 Å². The lowest BCUT2D eigenvalue weighted by atomic mass is 9.74. The van der Waals surface area contributed by atoms with Gasteiger partial charge in [0.15, 0.2) is 5.78 Å². The molecule has 0 radical (unpaired) electrons. The highest BCUT2D eigenvalue weighted by Crippen LogP contribution is 2.42. The standard InChI is InChI=1S/C26H23NO2/c27-16-17-5-3-8-19(13-17)20-11-12-25-23(14-20)24(28)15-26(29-25)22-10-4-7-18-6-1-2-9-21(18)22/h2-3,5,8-9,11-14,22,26H,1,4,6-7,10,15H2. The first-order chi connectivity index (χ1) is 14.2. The van der Waals surface area contributed by atoms with Crippen molar-refractivity contribution in [2.75, 3.05) is 0 Å². The summed E-state index contributed by atoms with van der Waals surface area (Å²) in [6, 6.07) is 15.5. The summed E-state index contributed by atoms with van der Waals surface area (Å²) in [7, 11) is 0. The molecular weight excluding hydrogens is 358 g/mol. The van der Waals surface area contributed by atoms with Crippen LogP contribution in [0.25, 0.3) is 11.1 Å². The van der Waals surface area contributed by atoms with Crippen LogP contribution in [0.5, 0.6) is 5.75 Å². The van der Waals surface area contributed by atoms with E-state index in [0.29, 0.717) is 29.2 Å². The smallest absolute Gasteiger partial charge is 0.170 e. The molecular formula is C26H23NO2. The van der Waals surface area contributed by atoms with E-state index in [0.717, 1.165) is 30.4 Å². The molecule has 1 aliphatic heterocycles. The van der Waals surface area contributed by atoms with Gasteiger partial charge in [-0.15, -0.1) is 0 Å². The van der Waals surface area contributed by atoms with Crippen LogP contribution in [0.15, 0.2) is 65.8 Å². The maximum atomic E-state index is 13.0. The third-order valence-corrected chi connectivity index (χ3v) is 6.43. The zero-order valence-electron chi connectivity index (χ0n) is 16.4. The molecule has 2 atom stereocenters. The van der Waals surface area contributed by atoms with Crippen molar-refractivity contribution < 1.29 is 9.53 Å². The Bertz CT molecular complexity index is 1090. The number of nitrogens with zero attached hydrogens (tertiary/aromatic N) is 1. The summed E-state index contributed by atoms with van der Waals surface area (Å²) >= 11 is 0. The van der Waals surface area contributed by atoms with Crippen molar-refractivity contribution in [1.29, 1.82) is 5.26 Å². The van der Waals surface area contributed by atoms with Crippen molar-refractivity contribution in [3.8, 4) is 22.9 Å². The number of hydrogen-bond acceptors (Lipinski definition) is 3. The molecule has 2 aromatic carbocycles. The van der Waals surface area contributed by atoms with E-state index in [4.69, 9.17) is 10.00 Å². The number of carbonyl (C=O) groups is 1. The van der Waals surface area contributed by atoms with Crippen molar-refractivity contribution in [3.63, 3.8) is 0 Å². The number of ether oxygens (including phenoxy) is 1. The zero-order valence-corrected chi connectivity index (χ0v) is 16.4. The van der Waals surface area contributed by atoms with Gasteiger partial charge in [-0.25, -0.2) is 0 Å². The molecule has 2 aromatic rings. The highest BCUT2D eigenvalue weighted by molar-refractivity contribution is 6.01. The van der Waals surface area contributed by atoms with Crippen molar-refractivity contribution in [3.05, 3.63) is 76.9 Å². The molecule has 0 bridgehead atoms. The van der Waals surface area contributed by atoms with Crippen molar-refractivity contribution in [2.24, 2.45) is 5.92 Å². The molecule has 0 aromatic heterocycles. The van der Waals surface area contributed by atoms with Gasteiger partial charge in [-0.3, -0.25) is 4.79 Å². The third kappa shape index (κ3) is 3.29. The number of nitriles is 1. The predicted molar refractivity (Wildman–Crippen MR) is 113 cm³/mol. The van der Waals surface area contributed by atoms with Crippen LogP contribution in [0.2, 0.25) is 0 Å². The van der Waals surface area contributed by atoms with Crippen molar-refractivity contribution in [2.45, 2.75) is 44.6 Å². The van der Waals surface area contributed by atoms with Crippen LogP contribution in [-0.2, 0) is 0 Å². The molecule has 5 rings (SSSR count). The highest BCUT2D eigenvalue weighted by Gasteiger charge is 2.36. The van der Waals surface area contributed by atoms with Gasteiger partial charge in [-0.05, 0) is 73.1 Å². The number of allylic oxidation sites excluding steroid dienone is 3. The van der Waals surface area contributed by atoms with Crippen molar-refractivity contribution in [1.82, 2.24) is 0 Å². The second-order valence-electron chi connectivity index (χ2n) is 8.19. The largest absolute Gasteiger partial charge is 0.489 e. The molecule has 2 aliphatic carbocycles. The Morgan fingerprint density at radius 3 is 2.86 bits per heavy atom. The van der Waals surface area contributed by atoms with Crippen LogP contribution in [0.3, 0.4) is 0 Å². The Morgan fingerprint density at radius 2 is 1.97 bits per heavy atom. The summed E-state index contributed by atoms with van der Waals surface area (Å²) in [6.45, 7) is 0. The minimum Gasteiger partial charge on any atom is -0.489 e. The lowest BCUT2D eigenvalue weighted by Gasteiger charge is -2.37. The normalized spacial score (nSPS) is 23.1. The lowest BCUT2D eigenvalue weighted by Crippen LogP contribution is -2.36. The number of benzene rings is 2. The summed E-state index contributed by atoms with van der Waals surface area (Å²) in [5.74, 6) is 1.17. The van der Waals surface area contributed by atoms with Crippen LogP contribution < -0.4 is 4.74 Å². The van der Waals surface area contributed by atoms with Gasteiger partial charge in [-0.1, -0.05) is 35.9 Å². The van der Waals surface area contributed by atoms with Gasteiger partial charge < -0.3 is 4.74 Å². The molecule has 0 amide bonds. The summed E-state index contributed by atoms with van der Waals surface area (Å²) < 4.78 is 6.39. The van der Waals surface area contributed by atoms with Crippen molar-refractivity contribution >= 4 is 5.78 Å². The van der Waals surface area contributed by atoms with Gasteiger partial charge in [-0.2, -0.15) is 5.26 Å². The zero-order chi connectivity index (χ0) is 19.8. The summed E-state index contributed by atoms with van der Waals surface area (Å²) in [5, 5.41) is 9.15. The maximum absolute atomic E-state index is 13.0. The number of Topliss-reactive ketones (excluding diaryl/α,β-unsaturated/α-hetero) is 1. The lowest BCUT2D eigenvalue weighted by molar-refractivity contribution is 0.0755. The van der Waals surface area contributed by atoms with Crippen LogP contribution in [0, 0.1) is 17.2 Å². The monoisotopic (exact) mass is 381 g/mol. The fraction of sp³-hybridized carbons (Fsp3) is 0.308. The second kappa shape index (κ2) is 7.37. The minimum atomic E-state index is -0.0733. The first-order valence-corrected chi connectivity index (χ1v) is 10.5. The summed E-state index contributed by atoms with van der Waals surface area (Å²) in [5.41, 5.74) is 6.15. The van der Waals surface area contributed by atoms with E-state index in [-0.39, 0.29) is 11.9 Å². The quantitative estimate of drug-likeness (QED) is 0.640. The Morgan fingerprint density at radius 1 is 1.07 bits per heavy atom. The molecule has 0 saturated heterocycles. The van der Waals surface area contributed by atoms with E-state index in [2.05, 4.69) is 18.2 Å². The molecule has 0 N–H and O–H groups in total. The Kier molecular flexibility index (Phi) is 4.56. The number of fused-ring (bicyclic) bond motifs is 1. The Hall–Kier alpha value is -3.12. The Labute approximate surface area is 171 Å². The fourth-order valence-electron chi connectivity index (χ4n) is 4.98. The van der Waals surface area contributed by atoms with E-state index in [1.165, 1.54) is 18.4 Å². The van der Waals surface area contributed by atoms with E-state index in [9.17, 15) is 4.79 Å². The molecule has 0 saturated carbocycles. The molecule has 1 heterocycles. The van der Waals surface area contributed by atoms with Crippen LogP contribution >= 0.6 is 0 Å². The number of ketones is 1. The van der Waals surface area contributed by atoms with E-state index < -0.39 is 0 Å². The second-order valence-corrected chi connectivity index (χ2v) is 8.19. The summed E-state index contributed by atoms with van der Waals surface area (Å²) in [6.07, 6.45) is 10.7. The van der Waals surface area contributed by atoms with Gasteiger partial charge in [0.2, 0.25) is 0 Å². The van der Waals surface area contributed by atoms with Crippen LogP contribution in [0.1, 0.15) is 54.4 Å². The van der Waals surface area contributed by atoms with Crippen LogP contribution in [0.4, 0.5) is 0 Å². The molecule has 29 heavy (non-hydrogen) atoms. The van der Waals surface area contributed by atoms with Gasteiger partial charge in [0.1, 0.15) is 11.9 Å². The highest BCUT2D eigenvalue weighted by atomic mass is 16.5. The van der Waals surface area contributed by atoms with Gasteiger partial charge in [0, 0.05) is 12.3 Å². The molecule has 3 aliphatic rings. The molecule has 3 nitrogen and oxygen atoms in total. The van der Waals surface area contributed by atoms with E-state index in [1.807, 2.05) is 36.4 Å². The van der Waals surface area contributed by atoms with Gasteiger partial charge in [0.05, 0.1) is 17.2 Å². The Balaban J connectivity index is 1.45. The number of carbonyl (C=O) groups excluding carboxylic acids is 1. The summed E-state index contributed by atoms with van der Waals surface area (Å²) in [4.78, 5) is 13.0. The fourth-order valence-corrected chi connectivity index (χ4v) is 4.98. The first-order valence-electron chi connectivity index (χ1n) is 10.5. The predicted octanol–water partition coefficient (Wildman–Crippen LogP) is 6.01. The maximum Gasteiger partial charge on any atom is 0.170 e. The van der Waals surface area contributed by atoms with Gasteiger partial charge in [0.25, 0.3) is 0 Å².